The first-order chi connectivity index (χ1) is 14.0. The summed E-state index contributed by atoms with van der Waals surface area (Å²) in [5, 5.41) is 0. The lowest BCUT2D eigenvalue weighted by molar-refractivity contribution is 0.521. The fourth-order valence-electron chi connectivity index (χ4n) is 2.91. The van der Waals surface area contributed by atoms with Crippen LogP contribution in [0.25, 0.3) is 22.5 Å². The highest BCUT2D eigenvalue weighted by Crippen LogP contribution is 2.22. The van der Waals surface area contributed by atoms with Gasteiger partial charge in [-0.1, -0.05) is 18.2 Å². The van der Waals surface area contributed by atoms with Crippen molar-refractivity contribution in [3.05, 3.63) is 84.8 Å². The zero-order chi connectivity index (χ0) is 20.3. The van der Waals surface area contributed by atoms with E-state index in [1.54, 1.807) is 62.1 Å². The van der Waals surface area contributed by atoms with Crippen LogP contribution < -0.4 is 4.72 Å². The average molecular weight is 406 g/mol. The zero-order valence-electron chi connectivity index (χ0n) is 15.6. The maximum Gasteiger partial charge on any atom is 0.240 e. The first-order valence-corrected chi connectivity index (χ1v) is 10.4. The molecule has 0 fully saturated rings. The molecular formula is C21H18N4O3S. The van der Waals surface area contributed by atoms with Crippen LogP contribution in [0, 0.1) is 6.92 Å². The first-order valence-electron chi connectivity index (χ1n) is 8.89. The van der Waals surface area contributed by atoms with Crippen LogP contribution >= 0.6 is 0 Å². The predicted octanol–water partition coefficient (Wildman–Crippen LogP) is 3.59. The molecule has 1 aromatic carbocycles. The summed E-state index contributed by atoms with van der Waals surface area (Å²) < 4.78 is 33.3. The van der Waals surface area contributed by atoms with Crippen LogP contribution in [-0.4, -0.2) is 23.4 Å². The van der Waals surface area contributed by atoms with E-state index in [0.717, 1.165) is 16.7 Å². The second-order valence-corrected chi connectivity index (χ2v) is 8.11. The monoisotopic (exact) mass is 406 g/mol. The number of aryl methyl sites for hydroxylation is 1. The Balaban J connectivity index is 1.53. The molecule has 0 saturated carbocycles. The normalized spacial score (nSPS) is 11.5. The van der Waals surface area contributed by atoms with Gasteiger partial charge in [0.25, 0.3) is 0 Å². The molecule has 8 heteroatoms. The quantitative estimate of drug-likeness (QED) is 0.525. The summed E-state index contributed by atoms with van der Waals surface area (Å²) >= 11 is 0. The Kier molecular flexibility index (Phi) is 5.20. The lowest BCUT2D eigenvalue weighted by Gasteiger charge is -2.11. The molecule has 0 saturated heterocycles. The van der Waals surface area contributed by atoms with Gasteiger partial charge in [-0.3, -0.25) is 9.97 Å². The number of benzene rings is 1. The summed E-state index contributed by atoms with van der Waals surface area (Å²) in [7, 11) is -3.69. The minimum atomic E-state index is -3.69. The maximum atomic E-state index is 12.7. The van der Waals surface area contributed by atoms with Gasteiger partial charge >= 0.3 is 0 Å². The second-order valence-electron chi connectivity index (χ2n) is 6.35. The molecule has 0 aliphatic carbocycles. The standard InChI is InChI=1S/C21H18N4O3S/c1-15-25-20(14-28-15)16-4-6-19(7-5-16)29(26,27)24-13-18-3-2-10-23-21(18)17-8-11-22-12-9-17/h2-12,14,24H,13H2,1H3. The van der Waals surface area contributed by atoms with Crippen molar-refractivity contribution in [2.75, 3.05) is 0 Å². The van der Waals surface area contributed by atoms with Crippen molar-refractivity contribution in [1.82, 2.24) is 19.7 Å². The second kappa shape index (κ2) is 7.94. The number of hydrogen-bond acceptors (Lipinski definition) is 6. The summed E-state index contributed by atoms with van der Waals surface area (Å²) in [6, 6.07) is 13.8. The van der Waals surface area contributed by atoms with E-state index in [2.05, 4.69) is 19.7 Å². The fraction of sp³-hybridized carbons (Fsp3) is 0.0952. The number of oxazole rings is 1. The molecular weight excluding hydrogens is 388 g/mol. The van der Waals surface area contributed by atoms with E-state index in [0.29, 0.717) is 17.3 Å². The third kappa shape index (κ3) is 4.23. The highest BCUT2D eigenvalue weighted by molar-refractivity contribution is 7.89. The van der Waals surface area contributed by atoms with E-state index in [1.807, 2.05) is 18.2 Å². The fourth-order valence-corrected chi connectivity index (χ4v) is 3.91. The van der Waals surface area contributed by atoms with Crippen LogP contribution in [0.3, 0.4) is 0 Å². The Morgan fingerprint density at radius 3 is 2.41 bits per heavy atom. The minimum absolute atomic E-state index is 0.123. The molecule has 146 valence electrons. The Bertz CT molecular complexity index is 1220. The number of hydrogen-bond donors (Lipinski definition) is 1. The van der Waals surface area contributed by atoms with Crippen molar-refractivity contribution in [2.45, 2.75) is 18.4 Å². The molecule has 0 amide bonds. The molecule has 29 heavy (non-hydrogen) atoms. The van der Waals surface area contributed by atoms with Crippen LogP contribution in [0.4, 0.5) is 0 Å². The molecule has 0 radical (unpaired) electrons. The van der Waals surface area contributed by atoms with Crippen molar-refractivity contribution in [1.29, 1.82) is 0 Å². The van der Waals surface area contributed by atoms with Gasteiger partial charge in [0, 0.05) is 43.2 Å². The van der Waals surface area contributed by atoms with Crippen LogP contribution in [-0.2, 0) is 16.6 Å². The van der Waals surface area contributed by atoms with Gasteiger partial charge in [0.2, 0.25) is 10.0 Å². The molecule has 0 aliphatic rings. The summed E-state index contributed by atoms with van der Waals surface area (Å²) in [4.78, 5) is 12.8. The SMILES string of the molecule is Cc1nc(-c2ccc(S(=O)(=O)NCc3cccnc3-c3ccncc3)cc2)co1. The van der Waals surface area contributed by atoms with Crippen molar-refractivity contribution in [3.8, 4) is 22.5 Å². The molecule has 4 rings (SSSR count). The summed E-state index contributed by atoms with van der Waals surface area (Å²) in [5.74, 6) is 0.555. The van der Waals surface area contributed by atoms with Gasteiger partial charge in [0.1, 0.15) is 12.0 Å². The van der Waals surface area contributed by atoms with E-state index in [-0.39, 0.29) is 11.4 Å². The van der Waals surface area contributed by atoms with E-state index in [4.69, 9.17) is 4.42 Å². The lowest BCUT2D eigenvalue weighted by Crippen LogP contribution is -2.23. The number of nitrogens with one attached hydrogen (secondary N) is 1. The van der Waals surface area contributed by atoms with Crippen LogP contribution in [0.2, 0.25) is 0 Å². The minimum Gasteiger partial charge on any atom is -0.449 e. The molecule has 3 heterocycles. The Morgan fingerprint density at radius 2 is 1.72 bits per heavy atom. The maximum absolute atomic E-state index is 12.7. The molecule has 0 aliphatic heterocycles. The van der Waals surface area contributed by atoms with Crippen molar-refractivity contribution >= 4 is 10.0 Å². The van der Waals surface area contributed by atoms with Crippen LogP contribution in [0.1, 0.15) is 11.5 Å². The molecule has 7 nitrogen and oxygen atoms in total. The highest BCUT2D eigenvalue weighted by Gasteiger charge is 2.16. The summed E-state index contributed by atoms with van der Waals surface area (Å²) in [6.07, 6.45) is 6.57. The van der Waals surface area contributed by atoms with Gasteiger partial charge in [-0.2, -0.15) is 0 Å². The molecule has 4 aromatic rings. The van der Waals surface area contributed by atoms with Crippen molar-refractivity contribution in [2.24, 2.45) is 0 Å². The molecule has 0 bridgehead atoms. The van der Waals surface area contributed by atoms with Gasteiger partial charge in [-0.15, -0.1) is 0 Å². The number of rotatable bonds is 6. The van der Waals surface area contributed by atoms with Crippen molar-refractivity contribution in [3.63, 3.8) is 0 Å². The Morgan fingerprint density at radius 1 is 0.966 bits per heavy atom. The van der Waals surface area contributed by atoms with E-state index in [9.17, 15) is 8.42 Å². The van der Waals surface area contributed by atoms with E-state index >= 15 is 0 Å². The Hall–Kier alpha value is -3.36. The molecule has 1 N–H and O–H groups in total. The highest BCUT2D eigenvalue weighted by atomic mass is 32.2. The predicted molar refractivity (Wildman–Crippen MR) is 108 cm³/mol. The zero-order valence-corrected chi connectivity index (χ0v) is 16.4. The van der Waals surface area contributed by atoms with Crippen molar-refractivity contribution < 1.29 is 12.8 Å². The van der Waals surface area contributed by atoms with Gasteiger partial charge in [-0.25, -0.2) is 18.1 Å². The van der Waals surface area contributed by atoms with E-state index in [1.165, 1.54) is 0 Å². The average Bonchev–Trinajstić information content (AvgIpc) is 3.20. The molecule has 0 spiro atoms. The van der Waals surface area contributed by atoms with Crippen LogP contribution in [0.15, 0.2) is 82.7 Å². The number of nitrogens with zero attached hydrogens (tertiary/aromatic N) is 3. The van der Waals surface area contributed by atoms with Gasteiger partial charge in [-0.05, 0) is 35.9 Å². The topological polar surface area (TPSA) is 98.0 Å². The lowest BCUT2D eigenvalue weighted by atomic mass is 10.1. The third-order valence-electron chi connectivity index (χ3n) is 4.38. The van der Waals surface area contributed by atoms with Gasteiger partial charge in [0.05, 0.1) is 10.6 Å². The summed E-state index contributed by atoms with van der Waals surface area (Å²) in [6.45, 7) is 1.88. The molecule has 3 aromatic heterocycles. The Labute approximate surface area is 168 Å². The number of aromatic nitrogens is 3. The molecule has 0 atom stereocenters. The molecule has 0 unspecified atom stereocenters. The van der Waals surface area contributed by atoms with Crippen LogP contribution in [0.5, 0.6) is 0 Å². The number of sulfonamides is 1. The van der Waals surface area contributed by atoms with Gasteiger partial charge in [0.15, 0.2) is 5.89 Å². The third-order valence-corrected chi connectivity index (χ3v) is 5.79. The number of pyridine rings is 2. The largest absolute Gasteiger partial charge is 0.449 e. The smallest absolute Gasteiger partial charge is 0.240 e. The van der Waals surface area contributed by atoms with Gasteiger partial charge < -0.3 is 4.42 Å². The summed E-state index contributed by atoms with van der Waals surface area (Å²) in [5.41, 5.74) is 3.82. The first kappa shape index (κ1) is 19.0. The van der Waals surface area contributed by atoms with E-state index < -0.39 is 10.0 Å².